The number of piperidine rings is 1. The predicted molar refractivity (Wildman–Crippen MR) is 144 cm³/mol. The summed E-state index contributed by atoms with van der Waals surface area (Å²) < 4.78 is 29.9. The maximum Gasteiger partial charge on any atom is 0.533 e. The van der Waals surface area contributed by atoms with Gasteiger partial charge in [-0.15, -0.1) is 0 Å². The summed E-state index contributed by atoms with van der Waals surface area (Å²) in [6.45, 7) is 16.0. The van der Waals surface area contributed by atoms with Gasteiger partial charge in [0, 0.05) is 12.1 Å². The summed E-state index contributed by atoms with van der Waals surface area (Å²) in [5.74, 6) is 0.644. The van der Waals surface area contributed by atoms with Gasteiger partial charge in [0.2, 0.25) is 0 Å². The van der Waals surface area contributed by atoms with Crippen LogP contribution >= 0.6 is 0 Å². The number of nitrogens with zero attached hydrogens (tertiary/aromatic N) is 1. The Balaban J connectivity index is 1.41. The molecule has 1 aromatic carbocycles. The van der Waals surface area contributed by atoms with Crippen LogP contribution in [0.3, 0.4) is 0 Å². The van der Waals surface area contributed by atoms with Crippen molar-refractivity contribution >= 4 is 35.7 Å². The smallest absolute Gasteiger partial charge is 0.496 e. The molecule has 3 fully saturated rings. The van der Waals surface area contributed by atoms with E-state index < -0.39 is 30.0 Å². The van der Waals surface area contributed by atoms with Gasteiger partial charge < -0.3 is 33.4 Å². The molecule has 9 nitrogen and oxygen atoms in total. The molecule has 5 rings (SSSR count). The van der Waals surface area contributed by atoms with E-state index in [9.17, 15) is 9.59 Å². The average Bonchev–Trinajstić information content (AvgIpc) is 3.51. The second-order valence-corrected chi connectivity index (χ2v) is 12.8. The fourth-order valence-corrected chi connectivity index (χ4v) is 5.88. The standard InChI is InChI=1S/C28H39BN2O7/c1-15-21-19(34-9)12-17(13-20(21)35-23(15)29-37-27(5,6)28(7,8)38-29)24(32)31-14-16-10-11-18(31)22(16)30-25(33)36-26(2,3)4/h12-13,16,18,22H,10-11,14H2,1-9H3,(H,30,33). The van der Waals surface area contributed by atoms with Gasteiger partial charge in [-0.3, -0.25) is 4.79 Å². The van der Waals surface area contributed by atoms with Crippen LogP contribution in [0.2, 0.25) is 0 Å². The van der Waals surface area contributed by atoms with Crippen molar-refractivity contribution in [2.75, 3.05) is 13.7 Å². The lowest BCUT2D eigenvalue weighted by atomic mass is 9.83. The second-order valence-electron chi connectivity index (χ2n) is 12.8. The Labute approximate surface area is 224 Å². The first-order chi connectivity index (χ1) is 17.6. The van der Waals surface area contributed by atoms with E-state index in [1.165, 1.54) is 0 Å². The van der Waals surface area contributed by atoms with Gasteiger partial charge in [-0.2, -0.15) is 0 Å². The molecule has 0 spiro atoms. The van der Waals surface area contributed by atoms with Crippen LogP contribution in [0.4, 0.5) is 4.79 Å². The van der Waals surface area contributed by atoms with Crippen molar-refractivity contribution in [2.24, 2.45) is 5.92 Å². The van der Waals surface area contributed by atoms with Gasteiger partial charge >= 0.3 is 13.2 Å². The lowest BCUT2D eigenvalue weighted by molar-refractivity contribution is 0.00578. The molecule has 2 amide bonds. The molecular formula is C28H39BN2O7. The Hall–Kier alpha value is -2.72. The topological polar surface area (TPSA) is 99.5 Å². The SMILES string of the molecule is COc1cc(C(=O)N2CC3CCC2C3NC(=O)OC(C)(C)C)cc2oc(B3OC(C)(C)C(C)(C)O3)c(C)c12. The highest BCUT2D eigenvalue weighted by Crippen LogP contribution is 2.41. The molecule has 3 heterocycles. The van der Waals surface area contributed by atoms with E-state index in [2.05, 4.69) is 5.32 Å². The molecule has 3 aliphatic rings. The summed E-state index contributed by atoms with van der Waals surface area (Å²) in [7, 11) is 0.924. The Bertz CT molecular complexity index is 1260. The van der Waals surface area contributed by atoms with Crippen molar-refractivity contribution in [1.82, 2.24) is 10.2 Å². The minimum absolute atomic E-state index is 0.0830. The average molecular weight is 526 g/mol. The normalized spacial score (nSPS) is 25.8. The van der Waals surface area contributed by atoms with Gasteiger partial charge in [0.1, 0.15) is 22.6 Å². The van der Waals surface area contributed by atoms with Gasteiger partial charge in [-0.25, -0.2) is 4.79 Å². The van der Waals surface area contributed by atoms with Gasteiger partial charge in [-0.05, 0) is 91.8 Å². The molecule has 2 aromatic rings. The first kappa shape index (κ1) is 26.9. The number of furan rings is 1. The fraction of sp³-hybridized carbons (Fsp3) is 0.643. The maximum absolute atomic E-state index is 13.8. The van der Waals surface area contributed by atoms with Crippen LogP contribution in [0.15, 0.2) is 16.5 Å². The van der Waals surface area contributed by atoms with E-state index in [1.807, 2.05) is 60.3 Å². The molecule has 38 heavy (non-hydrogen) atoms. The molecule has 2 bridgehead atoms. The highest BCUT2D eigenvalue weighted by Gasteiger charge is 2.54. The zero-order chi connectivity index (χ0) is 27.8. The number of alkyl carbamates (subject to hydrolysis) is 1. The Morgan fingerprint density at radius 1 is 1.11 bits per heavy atom. The summed E-state index contributed by atoms with van der Waals surface area (Å²) in [6, 6.07) is 3.33. The summed E-state index contributed by atoms with van der Waals surface area (Å²) in [6.07, 6.45) is 1.35. The number of amides is 2. The highest BCUT2D eigenvalue weighted by atomic mass is 16.7. The first-order valence-electron chi connectivity index (χ1n) is 13.4. The van der Waals surface area contributed by atoms with Gasteiger partial charge in [-0.1, -0.05) is 0 Å². The number of benzene rings is 1. The maximum atomic E-state index is 13.8. The molecule has 3 unspecified atom stereocenters. The molecule has 3 atom stereocenters. The lowest BCUT2D eigenvalue weighted by Crippen LogP contribution is -2.46. The third kappa shape index (κ3) is 4.45. The minimum atomic E-state index is -0.662. The Morgan fingerprint density at radius 3 is 2.37 bits per heavy atom. The van der Waals surface area contributed by atoms with E-state index in [0.29, 0.717) is 29.1 Å². The van der Waals surface area contributed by atoms with Crippen LogP contribution in [-0.4, -0.2) is 66.6 Å². The summed E-state index contributed by atoms with van der Waals surface area (Å²) in [4.78, 5) is 28.1. The number of likely N-dealkylation sites (tertiary alicyclic amines) is 1. The third-order valence-corrected chi connectivity index (χ3v) is 8.50. The zero-order valence-electron chi connectivity index (χ0n) is 23.9. The van der Waals surface area contributed by atoms with Gasteiger partial charge in [0.15, 0.2) is 0 Å². The van der Waals surface area contributed by atoms with Crippen molar-refractivity contribution < 1.29 is 32.8 Å². The van der Waals surface area contributed by atoms with Crippen LogP contribution in [0.25, 0.3) is 11.0 Å². The number of carbonyl (C=O) groups excluding carboxylic acids is 2. The van der Waals surface area contributed by atoms with Gasteiger partial charge in [0.05, 0.1) is 35.8 Å². The van der Waals surface area contributed by atoms with E-state index >= 15 is 0 Å². The molecule has 2 aliphatic heterocycles. The second kappa shape index (κ2) is 8.91. The molecule has 1 N–H and O–H groups in total. The van der Waals surface area contributed by atoms with E-state index in [1.54, 1.807) is 19.2 Å². The highest BCUT2D eigenvalue weighted by molar-refractivity contribution is 6.61. The molecule has 0 radical (unpaired) electrons. The molecule has 1 saturated carbocycles. The number of fused-ring (bicyclic) bond motifs is 3. The van der Waals surface area contributed by atoms with Crippen LogP contribution in [-0.2, 0) is 14.0 Å². The number of hydrogen-bond acceptors (Lipinski definition) is 7. The predicted octanol–water partition coefficient (Wildman–Crippen LogP) is 4.18. The van der Waals surface area contributed by atoms with Crippen molar-refractivity contribution in [2.45, 2.75) is 97.1 Å². The molecule has 1 aromatic heterocycles. The van der Waals surface area contributed by atoms with Crippen molar-refractivity contribution in [3.05, 3.63) is 23.3 Å². The van der Waals surface area contributed by atoms with Crippen molar-refractivity contribution in [3.63, 3.8) is 0 Å². The van der Waals surface area contributed by atoms with E-state index in [4.69, 9.17) is 23.2 Å². The summed E-state index contributed by atoms with van der Waals surface area (Å²) >= 11 is 0. The number of nitrogens with one attached hydrogen (secondary N) is 1. The van der Waals surface area contributed by atoms with E-state index in [-0.39, 0.29) is 23.9 Å². The quantitative estimate of drug-likeness (QED) is 0.597. The third-order valence-electron chi connectivity index (χ3n) is 8.50. The fourth-order valence-electron chi connectivity index (χ4n) is 5.88. The summed E-state index contributed by atoms with van der Waals surface area (Å²) in [5, 5.41) is 3.81. The largest absolute Gasteiger partial charge is 0.533 e. The number of hydrogen-bond donors (Lipinski definition) is 1. The number of ether oxygens (including phenoxy) is 2. The molecule has 206 valence electrons. The molecular weight excluding hydrogens is 487 g/mol. The number of carbonyl (C=O) groups is 2. The Kier molecular flexibility index (Phi) is 6.30. The molecule has 2 saturated heterocycles. The number of rotatable bonds is 4. The van der Waals surface area contributed by atoms with Crippen LogP contribution in [0.1, 0.15) is 77.2 Å². The molecule has 10 heteroatoms. The lowest BCUT2D eigenvalue weighted by Gasteiger charge is -2.32. The van der Waals surface area contributed by atoms with Crippen LogP contribution in [0, 0.1) is 12.8 Å². The van der Waals surface area contributed by atoms with Crippen LogP contribution < -0.4 is 15.7 Å². The minimum Gasteiger partial charge on any atom is -0.496 e. The van der Waals surface area contributed by atoms with Crippen LogP contribution in [0.5, 0.6) is 5.75 Å². The van der Waals surface area contributed by atoms with Crippen molar-refractivity contribution in [3.8, 4) is 5.75 Å². The van der Waals surface area contributed by atoms with Gasteiger partial charge in [0.25, 0.3) is 5.91 Å². The molecule has 1 aliphatic carbocycles. The number of methoxy groups -OCH3 is 1. The zero-order valence-corrected chi connectivity index (χ0v) is 23.9. The summed E-state index contributed by atoms with van der Waals surface area (Å²) in [5.41, 5.74) is 0.860. The Morgan fingerprint density at radius 2 is 1.76 bits per heavy atom. The van der Waals surface area contributed by atoms with Crippen molar-refractivity contribution in [1.29, 1.82) is 0 Å². The first-order valence-corrected chi connectivity index (χ1v) is 13.4. The number of aryl methyl sites for hydroxylation is 1. The monoisotopic (exact) mass is 526 g/mol. The van der Waals surface area contributed by atoms with E-state index in [0.717, 1.165) is 23.8 Å².